The lowest BCUT2D eigenvalue weighted by atomic mass is 10.4. The number of nitrogens with zero attached hydrogens (tertiary/aromatic N) is 2. The lowest BCUT2D eigenvalue weighted by molar-refractivity contribution is 0.0606. The van der Waals surface area contributed by atoms with Gasteiger partial charge in [0, 0.05) is 26.2 Å². The zero-order valence-corrected chi connectivity index (χ0v) is 12.5. The maximum Gasteiger partial charge on any atom is 0.348 e. The fourth-order valence-electron chi connectivity index (χ4n) is 1.82. The summed E-state index contributed by atoms with van der Waals surface area (Å²) in [7, 11) is -0.252. The highest BCUT2D eigenvalue weighted by Crippen LogP contribution is 2.26. The molecule has 0 unspecified atom stereocenters. The van der Waals surface area contributed by atoms with Crippen molar-refractivity contribution in [1.82, 2.24) is 9.21 Å². The van der Waals surface area contributed by atoms with Crippen LogP contribution in [0.1, 0.15) is 9.67 Å². The van der Waals surface area contributed by atoms with E-state index in [1.54, 1.807) is 0 Å². The Balaban J connectivity index is 2.20. The molecule has 19 heavy (non-hydrogen) atoms. The van der Waals surface area contributed by atoms with Gasteiger partial charge in [0.1, 0.15) is 9.09 Å². The molecule has 0 spiro atoms. The molecule has 6 nitrogen and oxygen atoms in total. The molecule has 0 bridgehead atoms. The van der Waals surface area contributed by atoms with Crippen LogP contribution in [0.2, 0.25) is 0 Å². The van der Waals surface area contributed by atoms with Crippen molar-refractivity contribution in [2.75, 3.05) is 40.3 Å². The van der Waals surface area contributed by atoms with Crippen LogP contribution in [-0.4, -0.2) is 63.9 Å². The van der Waals surface area contributed by atoms with Gasteiger partial charge in [0.05, 0.1) is 7.11 Å². The predicted octanol–water partition coefficient (Wildman–Crippen LogP) is 0.471. The summed E-state index contributed by atoms with van der Waals surface area (Å²) < 4.78 is 31.0. The first kappa shape index (κ1) is 14.4. The first-order chi connectivity index (χ1) is 8.95. The van der Waals surface area contributed by atoms with E-state index >= 15 is 0 Å². The Hall–Kier alpha value is -0.960. The van der Waals surface area contributed by atoms with E-state index in [4.69, 9.17) is 0 Å². The van der Waals surface area contributed by atoms with Crippen LogP contribution < -0.4 is 0 Å². The number of carbonyl (C=O) groups is 1. The molecule has 0 N–H and O–H groups in total. The summed E-state index contributed by atoms with van der Waals surface area (Å²) in [6.45, 7) is 2.39. The van der Waals surface area contributed by atoms with Crippen LogP contribution in [0, 0.1) is 0 Å². The molecule has 0 saturated carbocycles. The molecule has 0 aromatic carbocycles. The number of hydrogen-bond donors (Lipinski definition) is 0. The van der Waals surface area contributed by atoms with Gasteiger partial charge in [-0.15, -0.1) is 11.3 Å². The largest absolute Gasteiger partial charge is 0.465 e. The van der Waals surface area contributed by atoms with E-state index < -0.39 is 16.0 Å². The Kier molecular flexibility index (Phi) is 4.24. The van der Waals surface area contributed by atoms with Crippen LogP contribution in [0.3, 0.4) is 0 Å². The van der Waals surface area contributed by atoms with Gasteiger partial charge in [0.15, 0.2) is 0 Å². The van der Waals surface area contributed by atoms with Crippen molar-refractivity contribution in [3.8, 4) is 0 Å². The third-order valence-corrected chi connectivity index (χ3v) is 6.46. The van der Waals surface area contributed by atoms with Crippen molar-refractivity contribution in [2.24, 2.45) is 0 Å². The van der Waals surface area contributed by atoms with Gasteiger partial charge >= 0.3 is 5.97 Å². The molecular weight excluding hydrogens is 288 g/mol. The minimum atomic E-state index is -3.49. The third-order valence-electron chi connectivity index (χ3n) is 3.02. The maximum atomic E-state index is 12.4. The van der Waals surface area contributed by atoms with Crippen LogP contribution in [0.15, 0.2) is 16.3 Å². The number of rotatable bonds is 3. The molecule has 106 valence electrons. The highest BCUT2D eigenvalue weighted by Gasteiger charge is 2.29. The topological polar surface area (TPSA) is 66.9 Å². The molecule has 1 aliphatic rings. The molecule has 2 rings (SSSR count). The number of ether oxygens (including phenoxy) is 1. The second-order valence-electron chi connectivity index (χ2n) is 4.32. The number of esters is 1. The van der Waals surface area contributed by atoms with Crippen LogP contribution in [0.25, 0.3) is 0 Å². The smallest absolute Gasteiger partial charge is 0.348 e. The summed E-state index contributed by atoms with van der Waals surface area (Å²) >= 11 is 0.949. The fraction of sp³-hybridized carbons (Fsp3) is 0.545. The number of sulfonamides is 1. The first-order valence-corrected chi connectivity index (χ1v) is 8.07. The summed E-state index contributed by atoms with van der Waals surface area (Å²) in [5, 5.41) is 0. The molecule has 8 heteroatoms. The molecule has 1 aliphatic heterocycles. The van der Waals surface area contributed by atoms with E-state index in [1.165, 1.54) is 23.5 Å². The zero-order chi connectivity index (χ0) is 14.0. The molecule has 2 heterocycles. The van der Waals surface area contributed by atoms with E-state index in [0.29, 0.717) is 31.1 Å². The lowest BCUT2D eigenvalue weighted by Crippen LogP contribution is -2.46. The Morgan fingerprint density at radius 3 is 2.47 bits per heavy atom. The summed E-state index contributed by atoms with van der Waals surface area (Å²) in [5.41, 5.74) is 0. The average Bonchev–Trinajstić information content (AvgIpc) is 2.88. The Bertz CT molecular complexity index is 559. The Morgan fingerprint density at radius 1 is 1.26 bits per heavy atom. The summed E-state index contributed by atoms with van der Waals surface area (Å²) in [5.74, 6) is -0.509. The van der Waals surface area contributed by atoms with Gasteiger partial charge in [0.25, 0.3) is 10.0 Å². The SMILES string of the molecule is COC(=O)c1ccc(S(=O)(=O)N2CCN(C)CC2)s1. The van der Waals surface area contributed by atoms with Crippen LogP contribution >= 0.6 is 11.3 Å². The molecule has 0 radical (unpaired) electrons. The number of methoxy groups -OCH3 is 1. The Morgan fingerprint density at radius 2 is 1.89 bits per heavy atom. The van der Waals surface area contributed by atoms with Gasteiger partial charge in [-0.1, -0.05) is 0 Å². The van der Waals surface area contributed by atoms with Crippen LogP contribution in [0.5, 0.6) is 0 Å². The van der Waals surface area contributed by atoms with Crippen molar-refractivity contribution < 1.29 is 17.9 Å². The number of hydrogen-bond acceptors (Lipinski definition) is 6. The number of carbonyl (C=O) groups excluding carboxylic acids is 1. The average molecular weight is 304 g/mol. The molecule has 0 amide bonds. The van der Waals surface area contributed by atoms with Gasteiger partial charge < -0.3 is 9.64 Å². The first-order valence-electron chi connectivity index (χ1n) is 5.82. The number of thiophene rings is 1. The third kappa shape index (κ3) is 2.97. The van der Waals surface area contributed by atoms with Crippen LogP contribution in [-0.2, 0) is 14.8 Å². The summed E-state index contributed by atoms with van der Waals surface area (Å²) in [4.78, 5) is 13.7. The minimum absolute atomic E-state index is 0.192. The van der Waals surface area contributed by atoms with E-state index in [9.17, 15) is 13.2 Å². The number of likely N-dealkylation sites (N-methyl/N-ethyl adjacent to an activating group) is 1. The highest BCUT2D eigenvalue weighted by atomic mass is 32.2. The molecule has 0 atom stereocenters. The predicted molar refractivity (Wildman–Crippen MR) is 71.9 cm³/mol. The van der Waals surface area contributed by atoms with Gasteiger partial charge in [-0.2, -0.15) is 4.31 Å². The molecular formula is C11H16N2O4S2. The van der Waals surface area contributed by atoms with E-state index in [1.807, 2.05) is 7.05 Å². The molecule has 1 aromatic heterocycles. The minimum Gasteiger partial charge on any atom is -0.465 e. The van der Waals surface area contributed by atoms with E-state index in [2.05, 4.69) is 9.64 Å². The van der Waals surface area contributed by atoms with Crippen molar-refractivity contribution >= 4 is 27.3 Å². The second-order valence-corrected chi connectivity index (χ2v) is 7.57. The van der Waals surface area contributed by atoms with Crippen molar-refractivity contribution in [2.45, 2.75) is 4.21 Å². The van der Waals surface area contributed by atoms with Gasteiger partial charge in [-0.25, -0.2) is 13.2 Å². The molecule has 1 fully saturated rings. The van der Waals surface area contributed by atoms with Gasteiger partial charge in [0.2, 0.25) is 0 Å². The lowest BCUT2D eigenvalue weighted by Gasteiger charge is -2.31. The summed E-state index contributed by atoms with van der Waals surface area (Å²) in [6, 6.07) is 2.95. The van der Waals surface area contributed by atoms with Crippen molar-refractivity contribution in [3.05, 3.63) is 17.0 Å². The van der Waals surface area contributed by atoms with Crippen molar-refractivity contribution in [3.63, 3.8) is 0 Å². The van der Waals surface area contributed by atoms with Crippen molar-refractivity contribution in [1.29, 1.82) is 0 Å². The quantitative estimate of drug-likeness (QED) is 0.760. The zero-order valence-electron chi connectivity index (χ0n) is 10.8. The Labute approximate surface area is 116 Å². The monoisotopic (exact) mass is 304 g/mol. The standard InChI is InChI=1S/C11H16N2O4S2/c1-12-5-7-13(8-6-12)19(15,16)10-4-3-9(18-10)11(14)17-2/h3-4H,5-8H2,1-2H3. The van der Waals surface area contributed by atoms with Gasteiger partial charge in [-0.3, -0.25) is 0 Å². The highest BCUT2D eigenvalue weighted by molar-refractivity contribution is 7.91. The van der Waals surface area contributed by atoms with Gasteiger partial charge in [-0.05, 0) is 19.2 Å². The summed E-state index contributed by atoms with van der Waals surface area (Å²) in [6.07, 6.45) is 0. The molecule has 1 saturated heterocycles. The fourth-order valence-corrected chi connectivity index (χ4v) is 4.63. The number of piperazine rings is 1. The molecule has 0 aliphatic carbocycles. The van der Waals surface area contributed by atoms with E-state index in [-0.39, 0.29) is 4.21 Å². The van der Waals surface area contributed by atoms with Crippen LogP contribution in [0.4, 0.5) is 0 Å². The second kappa shape index (κ2) is 5.58. The van der Waals surface area contributed by atoms with E-state index in [0.717, 1.165) is 11.3 Å². The molecule has 1 aromatic rings. The normalized spacial score (nSPS) is 18.4. The maximum absolute atomic E-state index is 12.4.